The Kier molecular flexibility index (Phi) is 25.6. The molecule has 0 rings (SSSR count). The largest absolute Gasteiger partial charge is 0.472 e. The molecule has 0 aliphatic carbocycles. The second kappa shape index (κ2) is 27.1. The Balaban J connectivity index is 4.66. The molecule has 44 heavy (non-hydrogen) atoms. The van der Waals surface area contributed by atoms with Gasteiger partial charge in [0.05, 0.1) is 27.7 Å². The Bertz CT molecular complexity index is 949. The van der Waals surface area contributed by atoms with E-state index in [1.807, 2.05) is 63.7 Å². The number of phosphoric acid groups is 1. The first-order valence-corrected chi connectivity index (χ1v) is 17.6. The molecular weight excluding hydrogens is 581 g/mol. The summed E-state index contributed by atoms with van der Waals surface area (Å²) in [6.07, 6.45) is 28.9. The minimum absolute atomic E-state index is 0.0157. The van der Waals surface area contributed by atoms with E-state index >= 15 is 0 Å². The van der Waals surface area contributed by atoms with Gasteiger partial charge in [-0.05, 0) is 44.9 Å². The molecule has 0 aromatic rings. The van der Waals surface area contributed by atoms with Crippen LogP contribution in [-0.4, -0.2) is 74.9 Å². The Morgan fingerprint density at radius 2 is 1.36 bits per heavy atom. The molecule has 0 radical (unpaired) electrons. The van der Waals surface area contributed by atoms with Gasteiger partial charge in [-0.15, -0.1) is 0 Å². The van der Waals surface area contributed by atoms with Crippen LogP contribution in [-0.2, 0) is 32.7 Å². The Morgan fingerprint density at radius 3 is 2.05 bits per heavy atom. The number of carbonyl (C=O) groups excluding carboxylic acids is 2. The van der Waals surface area contributed by atoms with E-state index in [0.717, 1.165) is 44.9 Å². The highest BCUT2D eigenvalue weighted by Crippen LogP contribution is 2.43. The molecule has 0 saturated carbocycles. The molecule has 252 valence electrons. The number of rotatable bonds is 27. The quantitative estimate of drug-likeness (QED) is 0.0242. The fourth-order valence-electron chi connectivity index (χ4n) is 3.57. The highest BCUT2D eigenvalue weighted by atomic mass is 31.2. The van der Waals surface area contributed by atoms with Crippen molar-refractivity contribution in [1.82, 2.24) is 0 Å². The molecule has 0 aromatic carbocycles. The number of quaternary nitrogens is 1. The van der Waals surface area contributed by atoms with E-state index in [0.29, 0.717) is 23.9 Å². The highest BCUT2D eigenvalue weighted by molar-refractivity contribution is 7.47. The Labute approximate surface area is 266 Å². The molecule has 9 nitrogen and oxygen atoms in total. The van der Waals surface area contributed by atoms with Crippen molar-refractivity contribution in [2.45, 2.75) is 97.0 Å². The van der Waals surface area contributed by atoms with Gasteiger partial charge in [-0.25, -0.2) is 4.57 Å². The van der Waals surface area contributed by atoms with Crippen LogP contribution in [0.1, 0.15) is 90.9 Å². The predicted octanol–water partition coefficient (Wildman–Crippen LogP) is 7.78. The number of likely N-dealkylation sites (N-methyl/N-ethyl adjacent to an activating group) is 1. The van der Waals surface area contributed by atoms with Gasteiger partial charge in [0.1, 0.15) is 19.8 Å². The van der Waals surface area contributed by atoms with Gasteiger partial charge in [-0.3, -0.25) is 18.6 Å². The summed E-state index contributed by atoms with van der Waals surface area (Å²) in [6, 6.07) is 0. The Hall–Kier alpha value is -2.29. The van der Waals surface area contributed by atoms with E-state index in [1.165, 1.54) is 6.42 Å². The normalized spacial score (nSPS) is 14.8. The van der Waals surface area contributed by atoms with Crippen LogP contribution >= 0.6 is 7.82 Å². The van der Waals surface area contributed by atoms with E-state index in [1.54, 1.807) is 0 Å². The lowest BCUT2D eigenvalue weighted by atomic mass is 10.1. The van der Waals surface area contributed by atoms with Crippen molar-refractivity contribution in [3.63, 3.8) is 0 Å². The monoisotopic (exact) mass is 640 g/mol. The number of unbranched alkanes of at least 4 members (excludes halogenated alkanes) is 6. The molecule has 0 aromatic heterocycles. The summed E-state index contributed by atoms with van der Waals surface area (Å²) >= 11 is 0. The second-order valence-electron chi connectivity index (χ2n) is 11.5. The maximum atomic E-state index is 12.5. The maximum Gasteiger partial charge on any atom is 0.472 e. The molecule has 2 atom stereocenters. The average molecular weight is 641 g/mol. The van der Waals surface area contributed by atoms with E-state index in [4.69, 9.17) is 18.5 Å². The zero-order chi connectivity index (χ0) is 32.9. The lowest BCUT2D eigenvalue weighted by Gasteiger charge is -2.24. The van der Waals surface area contributed by atoms with Gasteiger partial charge >= 0.3 is 19.8 Å². The molecule has 0 heterocycles. The molecule has 0 fully saturated rings. The molecule has 2 unspecified atom stereocenters. The first kappa shape index (κ1) is 41.7. The average Bonchev–Trinajstić information content (AvgIpc) is 2.95. The number of ether oxygens (including phenoxy) is 2. The lowest BCUT2D eigenvalue weighted by Crippen LogP contribution is -2.37. The van der Waals surface area contributed by atoms with Crippen LogP contribution in [0.2, 0.25) is 0 Å². The van der Waals surface area contributed by atoms with Gasteiger partial charge in [0.25, 0.3) is 0 Å². The minimum Gasteiger partial charge on any atom is -0.462 e. The summed E-state index contributed by atoms with van der Waals surface area (Å²) in [6.45, 7) is 4.06. The third-order valence-corrected chi connectivity index (χ3v) is 7.12. The molecule has 10 heteroatoms. The van der Waals surface area contributed by atoms with E-state index in [2.05, 4.69) is 32.1 Å². The van der Waals surface area contributed by atoms with Crippen LogP contribution in [0.4, 0.5) is 0 Å². The summed E-state index contributed by atoms with van der Waals surface area (Å²) in [4.78, 5) is 34.8. The van der Waals surface area contributed by atoms with Gasteiger partial charge in [-0.1, -0.05) is 93.9 Å². The molecule has 0 amide bonds. The summed E-state index contributed by atoms with van der Waals surface area (Å²) in [7, 11) is 1.41. The van der Waals surface area contributed by atoms with Crippen LogP contribution in [0.5, 0.6) is 0 Å². The summed E-state index contributed by atoms with van der Waals surface area (Å²) in [5, 5.41) is 0. The van der Waals surface area contributed by atoms with Gasteiger partial charge in [0.2, 0.25) is 0 Å². The topological polar surface area (TPSA) is 108 Å². The van der Waals surface area contributed by atoms with Crippen molar-refractivity contribution in [3.05, 3.63) is 60.8 Å². The molecule has 0 saturated heterocycles. The predicted molar refractivity (Wildman–Crippen MR) is 178 cm³/mol. The van der Waals surface area contributed by atoms with E-state index < -0.39 is 32.5 Å². The SMILES string of the molecule is CC/C=C/C=C/C=C/C=C/CCCCCC(=O)OC(COC(=O)CC/C=C/CCCCC)COP(=O)(O)OCC[N+](C)(C)C. The summed E-state index contributed by atoms with van der Waals surface area (Å²) < 4.78 is 33.8. The summed E-state index contributed by atoms with van der Waals surface area (Å²) in [5.74, 6) is -0.923. The molecular formula is C34H59NO8P+. The van der Waals surface area contributed by atoms with Crippen molar-refractivity contribution in [3.8, 4) is 0 Å². The van der Waals surface area contributed by atoms with Crippen molar-refractivity contribution < 1.29 is 42.1 Å². The molecule has 0 spiro atoms. The number of phosphoric ester groups is 1. The number of hydrogen-bond acceptors (Lipinski definition) is 7. The fraction of sp³-hybridized carbons (Fsp3) is 0.647. The van der Waals surface area contributed by atoms with E-state index in [-0.39, 0.29) is 26.1 Å². The Morgan fingerprint density at radius 1 is 0.727 bits per heavy atom. The van der Waals surface area contributed by atoms with Gasteiger partial charge in [-0.2, -0.15) is 0 Å². The number of esters is 2. The van der Waals surface area contributed by atoms with Crippen LogP contribution in [0.3, 0.4) is 0 Å². The first-order valence-electron chi connectivity index (χ1n) is 16.1. The van der Waals surface area contributed by atoms with Crippen molar-refractivity contribution in [2.24, 2.45) is 0 Å². The van der Waals surface area contributed by atoms with Crippen LogP contribution in [0.15, 0.2) is 60.8 Å². The smallest absolute Gasteiger partial charge is 0.462 e. The zero-order valence-corrected chi connectivity index (χ0v) is 28.8. The number of nitrogens with zero attached hydrogens (tertiary/aromatic N) is 1. The third kappa shape index (κ3) is 29.8. The first-order chi connectivity index (χ1) is 21.0. The second-order valence-corrected chi connectivity index (χ2v) is 13.0. The van der Waals surface area contributed by atoms with Gasteiger partial charge < -0.3 is 18.9 Å². The zero-order valence-electron chi connectivity index (χ0n) is 27.9. The van der Waals surface area contributed by atoms with Crippen LogP contribution < -0.4 is 0 Å². The minimum atomic E-state index is -4.38. The molecule has 0 aliphatic rings. The van der Waals surface area contributed by atoms with Crippen LogP contribution in [0, 0.1) is 0 Å². The lowest BCUT2D eigenvalue weighted by molar-refractivity contribution is -0.870. The molecule has 0 aliphatic heterocycles. The van der Waals surface area contributed by atoms with Gasteiger partial charge in [0.15, 0.2) is 6.10 Å². The molecule has 1 N–H and O–H groups in total. The number of carbonyl (C=O) groups is 2. The van der Waals surface area contributed by atoms with E-state index in [9.17, 15) is 19.0 Å². The number of allylic oxidation sites excluding steroid dienone is 10. The van der Waals surface area contributed by atoms with Gasteiger partial charge in [0, 0.05) is 12.8 Å². The van der Waals surface area contributed by atoms with Crippen LogP contribution in [0.25, 0.3) is 0 Å². The van der Waals surface area contributed by atoms with Crippen molar-refractivity contribution in [2.75, 3.05) is 47.5 Å². The maximum absolute atomic E-state index is 12.5. The standard InChI is InChI=1S/C34H58NO8P/c1-6-8-10-12-14-15-16-17-18-19-21-23-25-27-34(37)43-32(31-42-44(38,39)41-29-28-35(3,4)5)30-40-33(36)26-24-22-20-13-11-9-7-2/h8,10,12,14-18,20,22,32H,6-7,9,11,13,19,21,23-31H2,1-5H3/p+1/b10-8+,14-12+,16-15+,18-17+,22-20+. The fourth-order valence-corrected chi connectivity index (χ4v) is 4.31. The van der Waals surface area contributed by atoms with Crippen molar-refractivity contribution in [1.29, 1.82) is 0 Å². The highest BCUT2D eigenvalue weighted by Gasteiger charge is 2.27. The van der Waals surface area contributed by atoms with Crippen molar-refractivity contribution >= 4 is 19.8 Å². The third-order valence-electron chi connectivity index (χ3n) is 6.14. The molecule has 0 bridgehead atoms. The number of hydrogen-bond donors (Lipinski definition) is 1. The summed E-state index contributed by atoms with van der Waals surface area (Å²) in [5.41, 5.74) is 0.